The van der Waals surface area contributed by atoms with Crippen molar-refractivity contribution in [3.05, 3.63) is 57.8 Å². The van der Waals surface area contributed by atoms with Crippen LogP contribution in [0.4, 0.5) is 10.1 Å². The van der Waals surface area contributed by atoms with Crippen molar-refractivity contribution < 1.29 is 22.7 Å². The SMILES string of the molecule is O=C(O)Cc1ccc(S(=O)(=O)NNc2c(Cl)cc(F)cc2Cl)cc1. The topological polar surface area (TPSA) is 95.5 Å². The molecule has 0 aliphatic carbocycles. The van der Waals surface area contributed by atoms with Gasteiger partial charge in [-0.15, -0.1) is 4.83 Å². The lowest BCUT2D eigenvalue weighted by Crippen LogP contribution is -2.29. The van der Waals surface area contributed by atoms with Crippen LogP contribution in [0.5, 0.6) is 0 Å². The van der Waals surface area contributed by atoms with Gasteiger partial charge in [-0.3, -0.25) is 4.79 Å². The van der Waals surface area contributed by atoms with E-state index in [1.807, 2.05) is 0 Å². The van der Waals surface area contributed by atoms with E-state index < -0.39 is 21.8 Å². The van der Waals surface area contributed by atoms with E-state index in [9.17, 15) is 17.6 Å². The maximum absolute atomic E-state index is 13.1. The van der Waals surface area contributed by atoms with Gasteiger partial charge in [-0.2, -0.15) is 0 Å². The third kappa shape index (κ3) is 4.57. The molecule has 3 N–H and O–H groups in total. The molecule has 6 nitrogen and oxygen atoms in total. The van der Waals surface area contributed by atoms with Crippen LogP contribution >= 0.6 is 23.2 Å². The summed E-state index contributed by atoms with van der Waals surface area (Å²) in [6.07, 6.45) is -0.215. The highest BCUT2D eigenvalue weighted by Crippen LogP contribution is 2.30. The Hall–Kier alpha value is -1.87. The predicted octanol–water partition coefficient (Wildman–Crippen LogP) is 3.07. The van der Waals surface area contributed by atoms with E-state index in [-0.39, 0.29) is 27.0 Å². The number of sulfonamides is 1. The molecule has 0 fully saturated rings. The van der Waals surface area contributed by atoms with E-state index in [4.69, 9.17) is 28.3 Å². The third-order valence-electron chi connectivity index (χ3n) is 2.91. The fraction of sp³-hybridized carbons (Fsp3) is 0.0714. The highest BCUT2D eigenvalue weighted by Gasteiger charge is 2.16. The molecule has 10 heteroatoms. The number of benzene rings is 2. The van der Waals surface area contributed by atoms with Crippen LogP contribution in [0.15, 0.2) is 41.3 Å². The molecule has 0 radical (unpaired) electrons. The van der Waals surface area contributed by atoms with Crippen LogP contribution in [0, 0.1) is 5.82 Å². The van der Waals surface area contributed by atoms with Gasteiger partial charge in [0.05, 0.1) is 27.0 Å². The van der Waals surface area contributed by atoms with Crippen molar-refractivity contribution in [2.45, 2.75) is 11.3 Å². The number of rotatable bonds is 6. The Morgan fingerprint density at radius 2 is 1.67 bits per heavy atom. The molecule has 0 atom stereocenters. The summed E-state index contributed by atoms with van der Waals surface area (Å²) < 4.78 is 37.5. The zero-order valence-corrected chi connectivity index (χ0v) is 14.2. The summed E-state index contributed by atoms with van der Waals surface area (Å²) in [6, 6.07) is 7.25. The van der Waals surface area contributed by atoms with Crippen LogP contribution in [0.25, 0.3) is 0 Å². The first kappa shape index (κ1) is 18.5. The number of hydrogen-bond donors (Lipinski definition) is 3. The van der Waals surface area contributed by atoms with Crippen molar-refractivity contribution in [1.82, 2.24) is 4.83 Å². The highest BCUT2D eigenvalue weighted by atomic mass is 35.5. The van der Waals surface area contributed by atoms with Crippen LogP contribution in [0.1, 0.15) is 5.56 Å². The van der Waals surface area contributed by atoms with Crippen molar-refractivity contribution in [1.29, 1.82) is 0 Å². The lowest BCUT2D eigenvalue weighted by Gasteiger charge is -2.12. The molecular formula is C14H11Cl2FN2O4S. The van der Waals surface area contributed by atoms with Crippen LogP contribution in [-0.4, -0.2) is 19.5 Å². The second-order valence-corrected chi connectivity index (χ2v) is 7.19. The average Bonchev–Trinajstić information content (AvgIpc) is 2.45. The molecule has 2 rings (SSSR count). The lowest BCUT2D eigenvalue weighted by molar-refractivity contribution is -0.136. The van der Waals surface area contributed by atoms with Crippen LogP contribution in [0.2, 0.25) is 10.0 Å². The van der Waals surface area contributed by atoms with Gasteiger partial charge in [0.25, 0.3) is 10.0 Å². The maximum Gasteiger partial charge on any atom is 0.307 e. The minimum absolute atomic E-state index is 0.00538. The van der Waals surface area contributed by atoms with Gasteiger partial charge in [-0.05, 0) is 29.8 Å². The van der Waals surface area contributed by atoms with Gasteiger partial charge >= 0.3 is 5.97 Å². The van der Waals surface area contributed by atoms with E-state index in [1.54, 1.807) is 0 Å². The van der Waals surface area contributed by atoms with Crippen LogP contribution < -0.4 is 10.3 Å². The summed E-state index contributed by atoms with van der Waals surface area (Å²) in [5, 5.41) is 8.49. The number of halogens is 3. The highest BCUT2D eigenvalue weighted by molar-refractivity contribution is 7.89. The molecule has 0 amide bonds. The van der Waals surface area contributed by atoms with Gasteiger partial charge in [0.2, 0.25) is 0 Å². The predicted molar refractivity (Wildman–Crippen MR) is 88.1 cm³/mol. The fourth-order valence-corrected chi connectivity index (χ4v) is 3.20. The number of carbonyl (C=O) groups is 1. The molecule has 0 heterocycles. The van der Waals surface area contributed by atoms with Gasteiger partial charge in [0.1, 0.15) is 5.82 Å². The molecular weight excluding hydrogens is 382 g/mol. The number of carboxylic acid groups (broad SMARTS) is 1. The van der Waals surface area contributed by atoms with Crippen molar-refractivity contribution in [2.75, 3.05) is 5.43 Å². The second kappa shape index (κ2) is 7.35. The molecule has 24 heavy (non-hydrogen) atoms. The number of hydrazine groups is 1. The minimum atomic E-state index is -3.97. The van der Waals surface area contributed by atoms with Crippen molar-refractivity contribution in [3.8, 4) is 0 Å². The Kier molecular flexibility index (Phi) is 5.66. The van der Waals surface area contributed by atoms with Crippen LogP contribution in [0.3, 0.4) is 0 Å². The Morgan fingerprint density at radius 1 is 1.12 bits per heavy atom. The number of carboxylic acids is 1. The number of anilines is 1. The first-order valence-corrected chi connectivity index (χ1v) is 8.66. The fourth-order valence-electron chi connectivity index (χ4n) is 1.80. The van der Waals surface area contributed by atoms with E-state index in [1.165, 1.54) is 24.3 Å². The zero-order valence-electron chi connectivity index (χ0n) is 11.9. The quantitative estimate of drug-likeness (QED) is 0.656. The first-order chi connectivity index (χ1) is 11.2. The number of nitrogens with one attached hydrogen (secondary N) is 2. The summed E-state index contributed by atoms with van der Waals surface area (Å²) in [4.78, 5) is 12.6. The Labute approximate surface area is 147 Å². The summed E-state index contributed by atoms with van der Waals surface area (Å²) in [6.45, 7) is 0. The smallest absolute Gasteiger partial charge is 0.307 e. The van der Waals surface area contributed by atoms with Gasteiger partial charge in [-0.1, -0.05) is 35.3 Å². The van der Waals surface area contributed by atoms with E-state index >= 15 is 0 Å². The molecule has 0 saturated carbocycles. The summed E-state index contributed by atoms with van der Waals surface area (Å²) in [5.74, 6) is -1.68. The van der Waals surface area contributed by atoms with E-state index in [2.05, 4.69) is 10.3 Å². The molecule has 0 aliphatic heterocycles. The van der Waals surface area contributed by atoms with Crippen LogP contribution in [-0.2, 0) is 21.2 Å². The molecule has 0 unspecified atom stereocenters. The largest absolute Gasteiger partial charge is 0.481 e. The molecule has 2 aromatic carbocycles. The summed E-state index contributed by atoms with van der Waals surface area (Å²) in [5.41, 5.74) is 2.79. The van der Waals surface area contributed by atoms with Gasteiger partial charge in [-0.25, -0.2) is 12.8 Å². The minimum Gasteiger partial charge on any atom is -0.481 e. The van der Waals surface area contributed by atoms with Crippen molar-refractivity contribution in [2.24, 2.45) is 0 Å². The molecule has 0 aromatic heterocycles. The molecule has 0 saturated heterocycles. The monoisotopic (exact) mass is 392 g/mol. The first-order valence-electron chi connectivity index (χ1n) is 6.42. The molecule has 128 valence electrons. The van der Waals surface area contributed by atoms with E-state index in [0.29, 0.717) is 5.56 Å². The third-order valence-corrected chi connectivity index (χ3v) is 4.77. The number of aliphatic carboxylic acids is 1. The molecule has 0 bridgehead atoms. The summed E-state index contributed by atoms with van der Waals surface area (Å²) in [7, 11) is -3.97. The zero-order chi connectivity index (χ0) is 17.9. The summed E-state index contributed by atoms with van der Waals surface area (Å²) >= 11 is 11.6. The van der Waals surface area contributed by atoms with E-state index in [0.717, 1.165) is 12.1 Å². The number of hydrogen-bond acceptors (Lipinski definition) is 4. The van der Waals surface area contributed by atoms with Crippen molar-refractivity contribution in [3.63, 3.8) is 0 Å². The van der Waals surface area contributed by atoms with Gasteiger partial charge in [0.15, 0.2) is 0 Å². The average molecular weight is 393 g/mol. The standard InChI is InChI=1S/C14H11Cl2FN2O4S/c15-11-6-9(17)7-12(16)14(11)18-19-24(22,23)10-3-1-8(2-4-10)5-13(20)21/h1-4,6-7,18-19H,5H2,(H,20,21). The van der Waals surface area contributed by atoms with Gasteiger partial charge < -0.3 is 10.5 Å². The second-order valence-electron chi connectivity index (χ2n) is 4.69. The molecule has 0 aliphatic rings. The van der Waals surface area contributed by atoms with Crippen molar-refractivity contribution >= 4 is 44.9 Å². The Balaban J connectivity index is 2.16. The Morgan fingerprint density at radius 3 is 2.17 bits per heavy atom. The van der Waals surface area contributed by atoms with Gasteiger partial charge in [0, 0.05) is 0 Å². The normalized spacial score (nSPS) is 11.3. The lowest BCUT2D eigenvalue weighted by atomic mass is 10.2. The maximum atomic E-state index is 13.1. The molecule has 2 aromatic rings. The Bertz CT molecular complexity index is 850. The molecule has 0 spiro atoms.